The van der Waals surface area contributed by atoms with Crippen LogP contribution in [0.15, 0.2) is 18.5 Å². The number of hydrogen-bond acceptors (Lipinski definition) is 5. The highest BCUT2D eigenvalue weighted by molar-refractivity contribution is 6.04. The molecule has 144 valence electrons. The Morgan fingerprint density at radius 2 is 1.81 bits per heavy atom. The largest absolute Gasteiger partial charge is 0.491 e. The van der Waals surface area contributed by atoms with Crippen LogP contribution < -0.4 is 15.0 Å². The molecular formula is C18H19F3N4O2. The van der Waals surface area contributed by atoms with Crippen LogP contribution in [-0.4, -0.2) is 36.1 Å². The van der Waals surface area contributed by atoms with Crippen LogP contribution in [0.5, 0.6) is 5.75 Å². The van der Waals surface area contributed by atoms with Gasteiger partial charge in [-0.1, -0.05) is 6.92 Å². The van der Waals surface area contributed by atoms with Crippen LogP contribution >= 0.6 is 0 Å². The molecule has 1 aliphatic heterocycles. The van der Waals surface area contributed by atoms with Crippen molar-refractivity contribution >= 4 is 17.5 Å². The third-order valence-electron chi connectivity index (χ3n) is 4.53. The van der Waals surface area contributed by atoms with Gasteiger partial charge >= 0.3 is 0 Å². The maximum atomic E-state index is 14.2. The third kappa shape index (κ3) is 3.96. The standard InChI is InChI=1S/C18H19F3N4O2/c1-10-3-5-25(6-4-10)18-22-8-11(9-23-18)24-17(26)12-7-13(19)15(21)16(27-2)14(12)20/h7-10H,3-6H2,1-2H3,(H,24,26). The Kier molecular flexibility index (Phi) is 5.48. The highest BCUT2D eigenvalue weighted by atomic mass is 19.2. The second kappa shape index (κ2) is 7.81. The van der Waals surface area contributed by atoms with Gasteiger partial charge in [0.25, 0.3) is 5.91 Å². The molecule has 1 amide bonds. The Bertz CT molecular complexity index is 837. The number of benzene rings is 1. The molecule has 0 unspecified atom stereocenters. The van der Waals surface area contributed by atoms with Gasteiger partial charge in [0, 0.05) is 13.1 Å². The smallest absolute Gasteiger partial charge is 0.258 e. The number of hydrogen-bond donors (Lipinski definition) is 1. The van der Waals surface area contributed by atoms with E-state index >= 15 is 0 Å². The summed E-state index contributed by atoms with van der Waals surface area (Å²) in [7, 11) is 0.983. The SMILES string of the molecule is COc1c(F)c(F)cc(C(=O)Nc2cnc(N3CCC(C)CC3)nc2)c1F. The van der Waals surface area contributed by atoms with E-state index in [0.717, 1.165) is 33.0 Å². The summed E-state index contributed by atoms with van der Waals surface area (Å²) in [4.78, 5) is 22.7. The van der Waals surface area contributed by atoms with Crippen LogP contribution in [0.3, 0.4) is 0 Å². The van der Waals surface area contributed by atoms with Crippen molar-refractivity contribution in [2.75, 3.05) is 30.4 Å². The van der Waals surface area contributed by atoms with Gasteiger partial charge in [0.05, 0.1) is 30.8 Å². The van der Waals surface area contributed by atoms with Crippen LogP contribution in [0.1, 0.15) is 30.1 Å². The Labute approximate surface area is 154 Å². The number of carbonyl (C=O) groups excluding carboxylic acids is 1. The lowest BCUT2D eigenvalue weighted by Crippen LogP contribution is -2.34. The van der Waals surface area contributed by atoms with Gasteiger partial charge in [0.15, 0.2) is 17.4 Å². The van der Waals surface area contributed by atoms with Crippen molar-refractivity contribution in [3.05, 3.63) is 41.5 Å². The molecule has 2 aromatic rings. The molecule has 0 aliphatic carbocycles. The van der Waals surface area contributed by atoms with Gasteiger partial charge in [-0.05, 0) is 24.8 Å². The zero-order valence-corrected chi connectivity index (χ0v) is 14.9. The van der Waals surface area contributed by atoms with Crippen molar-refractivity contribution in [2.24, 2.45) is 5.92 Å². The zero-order chi connectivity index (χ0) is 19.6. The Morgan fingerprint density at radius 1 is 1.19 bits per heavy atom. The maximum absolute atomic E-state index is 14.2. The van der Waals surface area contributed by atoms with Gasteiger partial charge in [0.2, 0.25) is 11.8 Å². The molecule has 1 fully saturated rings. The summed E-state index contributed by atoms with van der Waals surface area (Å²) in [5, 5.41) is 2.37. The summed E-state index contributed by atoms with van der Waals surface area (Å²) >= 11 is 0. The number of halogens is 3. The molecule has 0 bridgehead atoms. The number of nitrogens with zero attached hydrogens (tertiary/aromatic N) is 3. The maximum Gasteiger partial charge on any atom is 0.258 e. The van der Waals surface area contributed by atoms with E-state index < -0.39 is 34.7 Å². The van der Waals surface area contributed by atoms with E-state index in [2.05, 4.69) is 26.9 Å². The minimum atomic E-state index is -1.49. The van der Waals surface area contributed by atoms with Gasteiger partial charge in [-0.2, -0.15) is 4.39 Å². The van der Waals surface area contributed by atoms with Gasteiger partial charge < -0.3 is 15.0 Å². The van der Waals surface area contributed by atoms with Crippen LogP contribution in [0.2, 0.25) is 0 Å². The molecule has 0 radical (unpaired) electrons. The highest BCUT2D eigenvalue weighted by Crippen LogP contribution is 2.27. The summed E-state index contributed by atoms with van der Waals surface area (Å²) in [6.45, 7) is 3.91. The monoisotopic (exact) mass is 380 g/mol. The van der Waals surface area contributed by atoms with Crippen molar-refractivity contribution in [3.8, 4) is 5.75 Å². The van der Waals surface area contributed by atoms with Gasteiger partial charge in [-0.3, -0.25) is 4.79 Å². The molecule has 2 heterocycles. The average molecular weight is 380 g/mol. The second-order valence-electron chi connectivity index (χ2n) is 6.46. The lowest BCUT2D eigenvalue weighted by atomic mass is 10.00. The first kappa shape index (κ1) is 18.9. The number of rotatable bonds is 4. The van der Waals surface area contributed by atoms with Crippen LogP contribution in [-0.2, 0) is 0 Å². The van der Waals surface area contributed by atoms with Crippen LogP contribution in [0, 0.1) is 23.4 Å². The number of amides is 1. The normalized spacial score (nSPS) is 14.9. The number of aromatic nitrogens is 2. The van der Waals surface area contributed by atoms with E-state index in [1.807, 2.05) is 4.90 Å². The quantitative estimate of drug-likeness (QED) is 0.824. The fraction of sp³-hybridized carbons (Fsp3) is 0.389. The molecule has 1 saturated heterocycles. The number of carbonyl (C=O) groups is 1. The lowest BCUT2D eigenvalue weighted by Gasteiger charge is -2.30. The second-order valence-corrected chi connectivity index (χ2v) is 6.46. The summed E-state index contributed by atoms with van der Waals surface area (Å²) in [6.07, 6.45) is 4.87. The molecule has 3 rings (SSSR count). The first-order valence-corrected chi connectivity index (χ1v) is 8.50. The molecule has 1 aliphatic rings. The molecule has 0 saturated carbocycles. The fourth-order valence-electron chi connectivity index (χ4n) is 2.88. The fourth-order valence-corrected chi connectivity index (χ4v) is 2.88. The van der Waals surface area contributed by atoms with Crippen molar-refractivity contribution in [1.29, 1.82) is 0 Å². The number of anilines is 2. The Balaban J connectivity index is 1.74. The van der Waals surface area contributed by atoms with E-state index in [1.54, 1.807) is 0 Å². The predicted molar refractivity (Wildman–Crippen MR) is 93.5 cm³/mol. The number of nitrogens with one attached hydrogen (secondary N) is 1. The van der Waals surface area contributed by atoms with Crippen molar-refractivity contribution in [2.45, 2.75) is 19.8 Å². The molecule has 9 heteroatoms. The minimum absolute atomic E-state index is 0.206. The Hall–Kier alpha value is -2.84. The van der Waals surface area contributed by atoms with Crippen LogP contribution in [0.4, 0.5) is 24.8 Å². The van der Waals surface area contributed by atoms with Gasteiger partial charge in [0.1, 0.15) is 0 Å². The summed E-state index contributed by atoms with van der Waals surface area (Å²) in [5.41, 5.74) is -0.475. The molecule has 6 nitrogen and oxygen atoms in total. The first-order chi connectivity index (χ1) is 12.9. The lowest BCUT2D eigenvalue weighted by molar-refractivity contribution is 0.102. The van der Waals surface area contributed by atoms with E-state index in [4.69, 9.17) is 0 Å². The first-order valence-electron chi connectivity index (χ1n) is 8.50. The van der Waals surface area contributed by atoms with E-state index in [1.165, 1.54) is 12.4 Å². The topological polar surface area (TPSA) is 67.3 Å². The van der Waals surface area contributed by atoms with Crippen LogP contribution in [0.25, 0.3) is 0 Å². The molecule has 1 aromatic carbocycles. The molecule has 1 N–H and O–H groups in total. The summed E-state index contributed by atoms with van der Waals surface area (Å²) < 4.78 is 45.7. The highest BCUT2D eigenvalue weighted by Gasteiger charge is 2.24. The molecule has 0 spiro atoms. The van der Waals surface area contributed by atoms with Crippen molar-refractivity contribution in [1.82, 2.24) is 9.97 Å². The molecule has 1 aromatic heterocycles. The van der Waals surface area contributed by atoms with E-state index in [-0.39, 0.29) is 5.69 Å². The number of ether oxygens (including phenoxy) is 1. The summed E-state index contributed by atoms with van der Waals surface area (Å²) in [5.74, 6) is -4.87. The van der Waals surface area contributed by atoms with Crippen molar-refractivity contribution in [3.63, 3.8) is 0 Å². The van der Waals surface area contributed by atoms with E-state index in [0.29, 0.717) is 17.9 Å². The molecular weight excluding hydrogens is 361 g/mol. The van der Waals surface area contributed by atoms with Gasteiger partial charge in [-0.15, -0.1) is 0 Å². The van der Waals surface area contributed by atoms with Gasteiger partial charge in [-0.25, -0.2) is 18.7 Å². The average Bonchev–Trinajstić information content (AvgIpc) is 2.66. The number of methoxy groups -OCH3 is 1. The molecule has 27 heavy (non-hydrogen) atoms. The number of piperidine rings is 1. The zero-order valence-electron chi connectivity index (χ0n) is 14.9. The minimum Gasteiger partial charge on any atom is -0.491 e. The third-order valence-corrected chi connectivity index (χ3v) is 4.53. The van der Waals surface area contributed by atoms with Crippen molar-refractivity contribution < 1.29 is 22.7 Å². The molecule has 0 atom stereocenters. The summed E-state index contributed by atoms with van der Waals surface area (Å²) in [6, 6.07) is 0.479. The Morgan fingerprint density at radius 3 is 2.41 bits per heavy atom. The van der Waals surface area contributed by atoms with E-state index in [9.17, 15) is 18.0 Å². The predicted octanol–water partition coefficient (Wildman–Crippen LogP) is 3.39.